The number of halogens is 2. The monoisotopic (exact) mass is 617 g/mol. The van der Waals surface area contributed by atoms with Crippen LogP contribution in [0.4, 0.5) is 10.1 Å². The van der Waals surface area contributed by atoms with E-state index in [-0.39, 0.29) is 23.0 Å². The molecule has 1 atom stereocenters. The van der Waals surface area contributed by atoms with Gasteiger partial charge in [-0.05, 0) is 88.7 Å². The number of hydrogen-bond acceptors (Lipinski definition) is 4. The number of hydrogen-bond donors (Lipinski definition) is 1. The molecule has 10 heteroatoms. The molecular formula is C29H33BrFN3O4S. The van der Waals surface area contributed by atoms with Gasteiger partial charge in [-0.2, -0.15) is 0 Å². The minimum Gasteiger partial charge on any atom is -0.350 e. The van der Waals surface area contributed by atoms with Crippen LogP contribution < -0.4 is 9.62 Å². The molecule has 0 unspecified atom stereocenters. The van der Waals surface area contributed by atoms with Crippen LogP contribution in [0.1, 0.15) is 38.8 Å². The van der Waals surface area contributed by atoms with Crippen molar-refractivity contribution in [2.75, 3.05) is 10.8 Å². The predicted molar refractivity (Wildman–Crippen MR) is 154 cm³/mol. The minimum atomic E-state index is -4.21. The normalized spacial score (nSPS) is 12.5. The zero-order valence-corrected chi connectivity index (χ0v) is 25.0. The summed E-state index contributed by atoms with van der Waals surface area (Å²) in [6.45, 7) is 8.43. The molecule has 0 aliphatic carbocycles. The average Bonchev–Trinajstić information content (AvgIpc) is 2.86. The van der Waals surface area contributed by atoms with Gasteiger partial charge in [-0.1, -0.05) is 45.8 Å². The van der Waals surface area contributed by atoms with E-state index in [2.05, 4.69) is 21.2 Å². The molecule has 0 spiro atoms. The van der Waals surface area contributed by atoms with Crippen LogP contribution in [0, 0.1) is 12.7 Å². The van der Waals surface area contributed by atoms with Gasteiger partial charge in [0, 0.05) is 16.6 Å². The van der Waals surface area contributed by atoms with Crippen LogP contribution in [0.3, 0.4) is 0 Å². The molecule has 0 saturated heterocycles. The molecular weight excluding hydrogens is 585 g/mol. The summed E-state index contributed by atoms with van der Waals surface area (Å²) in [5.74, 6) is -1.50. The summed E-state index contributed by atoms with van der Waals surface area (Å²) >= 11 is 3.39. The van der Waals surface area contributed by atoms with E-state index in [0.29, 0.717) is 0 Å². The molecule has 0 bridgehead atoms. The number of nitrogens with one attached hydrogen (secondary N) is 1. The van der Waals surface area contributed by atoms with E-state index in [9.17, 15) is 22.4 Å². The van der Waals surface area contributed by atoms with Crippen molar-refractivity contribution in [2.45, 2.75) is 57.6 Å². The largest absolute Gasteiger partial charge is 0.350 e. The van der Waals surface area contributed by atoms with Crippen molar-refractivity contribution in [3.05, 3.63) is 94.2 Å². The summed E-state index contributed by atoms with van der Waals surface area (Å²) in [5.41, 5.74) is 1.22. The summed E-state index contributed by atoms with van der Waals surface area (Å²) in [6.07, 6.45) is 0. The van der Waals surface area contributed by atoms with Crippen LogP contribution in [0.15, 0.2) is 82.2 Å². The number of amides is 2. The van der Waals surface area contributed by atoms with E-state index in [4.69, 9.17) is 0 Å². The maximum atomic E-state index is 13.9. The second kappa shape index (κ2) is 12.3. The van der Waals surface area contributed by atoms with Crippen LogP contribution in [-0.4, -0.2) is 43.3 Å². The van der Waals surface area contributed by atoms with Crippen LogP contribution >= 0.6 is 15.9 Å². The summed E-state index contributed by atoms with van der Waals surface area (Å²) in [4.78, 5) is 28.3. The second-order valence-corrected chi connectivity index (χ2v) is 13.1. The molecule has 0 radical (unpaired) electrons. The number of aryl methyl sites for hydroxylation is 1. The van der Waals surface area contributed by atoms with Gasteiger partial charge in [-0.3, -0.25) is 13.9 Å². The van der Waals surface area contributed by atoms with Crippen LogP contribution in [-0.2, 0) is 26.2 Å². The van der Waals surface area contributed by atoms with Crippen LogP contribution in [0.5, 0.6) is 0 Å². The standard InChI is InChI=1S/C29H33BrFN3O4S/c1-20-6-16-26(17-7-20)39(37,38)34(25-14-12-24(31)13-15-25)19-27(35)33(18-22-8-10-23(30)11-9-22)21(2)28(36)32-29(3,4)5/h6-17,21H,18-19H2,1-5H3,(H,32,36)/t21-/m0/s1. The Balaban J connectivity index is 2.02. The van der Waals surface area contributed by atoms with Crippen molar-refractivity contribution < 1.29 is 22.4 Å². The summed E-state index contributed by atoms with van der Waals surface area (Å²) in [5, 5.41) is 2.89. The van der Waals surface area contributed by atoms with E-state index >= 15 is 0 Å². The average molecular weight is 619 g/mol. The fraction of sp³-hybridized carbons (Fsp3) is 0.310. The molecule has 0 saturated carbocycles. The Kier molecular flexibility index (Phi) is 9.55. The molecule has 0 heterocycles. The first-order chi connectivity index (χ1) is 18.2. The minimum absolute atomic E-state index is 0.0109. The third-order valence-corrected chi connectivity index (χ3v) is 8.25. The SMILES string of the molecule is Cc1ccc(S(=O)(=O)N(CC(=O)N(Cc2ccc(Br)cc2)[C@@H](C)C(=O)NC(C)(C)C)c2ccc(F)cc2)cc1. The van der Waals surface area contributed by atoms with Gasteiger partial charge < -0.3 is 10.2 Å². The molecule has 0 fully saturated rings. The van der Waals surface area contributed by atoms with Crippen molar-refractivity contribution in [1.82, 2.24) is 10.2 Å². The third-order valence-electron chi connectivity index (χ3n) is 5.93. The molecule has 39 heavy (non-hydrogen) atoms. The highest BCUT2D eigenvalue weighted by molar-refractivity contribution is 9.10. The Morgan fingerprint density at radius 3 is 2.05 bits per heavy atom. The predicted octanol–water partition coefficient (Wildman–Crippen LogP) is 5.42. The van der Waals surface area contributed by atoms with E-state index in [0.717, 1.165) is 32.0 Å². The maximum Gasteiger partial charge on any atom is 0.264 e. The number of carbonyl (C=O) groups excluding carboxylic acids is 2. The Labute approximate surface area is 238 Å². The molecule has 0 aliphatic rings. The first-order valence-corrected chi connectivity index (χ1v) is 14.6. The fourth-order valence-corrected chi connectivity index (χ4v) is 5.50. The zero-order chi connectivity index (χ0) is 29.0. The van der Waals surface area contributed by atoms with E-state index in [1.54, 1.807) is 19.1 Å². The maximum absolute atomic E-state index is 13.9. The lowest BCUT2D eigenvalue weighted by Crippen LogP contribution is -2.54. The molecule has 0 aromatic heterocycles. The Bertz CT molecular complexity index is 1400. The van der Waals surface area contributed by atoms with Crippen molar-refractivity contribution in [3.63, 3.8) is 0 Å². The van der Waals surface area contributed by atoms with Gasteiger partial charge >= 0.3 is 0 Å². The number of rotatable bonds is 9. The van der Waals surface area contributed by atoms with Gasteiger partial charge in [0.2, 0.25) is 11.8 Å². The van der Waals surface area contributed by atoms with Gasteiger partial charge in [0.15, 0.2) is 0 Å². The molecule has 2 amide bonds. The first kappa shape index (κ1) is 30.3. The van der Waals surface area contributed by atoms with Crippen molar-refractivity contribution in [2.24, 2.45) is 0 Å². The first-order valence-electron chi connectivity index (χ1n) is 12.4. The quantitative estimate of drug-likeness (QED) is 0.347. The highest BCUT2D eigenvalue weighted by Crippen LogP contribution is 2.25. The van der Waals surface area contributed by atoms with Gasteiger partial charge in [0.05, 0.1) is 10.6 Å². The zero-order valence-electron chi connectivity index (χ0n) is 22.6. The topological polar surface area (TPSA) is 86.8 Å². The third kappa shape index (κ3) is 8.12. The lowest BCUT2D eigenvalue weighted by molar-refractivity contribution is -0.140. The summed E-state index contributed by atoms with van der Waals surface area (Å²) in [6, 6.07) is 17.5. The van der Waals surface area contributed by atoms with Crippen molar-refractivity contribution in [3.8, 4) is 0 Å². The number of sulfonamides is 1. The number of anilines is 1. The van der Waals surface area contributed by atoms with E-state index in [1.165, 1.54) is 29.2 Å². The van der Waals surface area contributed by atoms with Gasteiger partial charge in [0.25, 0.3) is 10.0 Å². The molecule has 3 aromatic carbocycles. The molecule has 0 aliphatic heterocycles. The highest BCUT2D eigenvalue weighted by Gasteiger charge is 2.33. The Morgan fingerprint density at radius 1 is 0.949 bits per heavy atom. The highest BCUT2D eigenvalue weighted by atomic mass is 79.9. The Hall–Kier alpha value is -3.24. The molecule has 3 rings (SSSR count). The summed E-state index contributed by atoms with van der Waals surface area (Å²) < 4.78 is 43.0. The molecule has 3 aromatic rings. The fourth-order valence-electron chi connectivity index (χ4n) is 3.82. The lowest BCUT2D eigenvalue weighted by Gasteiger charge is -2.33. The molecule has 1 N–H and O–H groups in total. The number of carbonyl (C=O) groups is 2. The van der Waals surface area contributed by atoms with Crippen molar-refractivity contribution in [1.29, 1.82) is 0 Å². The van der Waals surface area contributed by atoms with Gasteiger partial charge in [0.1, 0.15) is 18.4 Å². The van der Waals surface area contributed by atoms with Gasteiger partial charge in [-0.25, -0.2) is 12.8 Å². The van der Waals surface area contributed by atoms with E-state index < -0.39 is 39.9 Å². The lowest BCUT2D eigenvalue weighted by atomic mass is 10.1. The number of benzene rings is 3. The van der Waals surface area contributed by atoms with Crippen LogP contribution in [0.2, 0.25) is 0 Å². The second-order valence-electron chi connectivity index (χ2n) is 10.4. The number of nitrogens with zero attached hydrogens (tertiary/aromatic N) is 2. The Morgan fingerprint density at radius 2 is 1.51 bits per heavy atom. The van der Waals surface area contributed by atoms with Crippen molar-refractivity contribution >= 4 is 43.5 Å². The molecule has 208 valence electrons. The smallest absolute Gasteiger partial charge is 0.264 e. The molecule has 7 nitrogen and oxygen atoms in total. The summed E-state index contributed by atoms with van der Waals surface area (Å²) in [7, 11) is -4.21. The van der Waals surface area contributed by atoms with E-state index in [1.807, 2.05) is 52.0 Å². The van der Waals surface area contributed by atoms with Crippen LogP contribution in [0.25, 0.3) is 0 Å². The van der Waals surface area contributed by atoms with Gasteiger partial charge in [-0.15, -0.1) is 0 Å².